The topological polar surface area (TPSA) is 52.6 Å². The van der Waals surface area contributed by atoms with E-state index in [0.29, 0.717) is 17.7 Å². The van der Waals surface area contributed by atoms with Crippen LogP contribution in [0.5, 0.6) is 0 Å². The van der Waals surface area contributed by atoms with Gasteiger partial charge < -0.3 is 5.11 Å². The van der Waals surface area contributed by atoms with Crippen LogP contribution in [0.1, 0.15) is 27.0 Å². The lowest BCUT2D eigenvalue weighted by Crippen LogP contribution is -2.40. The summed E-state index contributed by atoms with van der Waals surface area (Å²) < 4.78 is 0. The minimum atomic E-state index is -0.909. The zero-order valence-corrected chi connectivity index (χ0v) is 10.4. The molecule has 5 heteroatoms. The van der Waals surface area contributed by atoms with Crippen molar-refractivity contribution in [2.45, 2.75) is 12.8 Å². The maximum Gasteiger partial charge on any atom is 0.271 e. The third kappa shape index (κ3) is 1.82. The van der Waals surface area contributed by atoms with Gasteiger partial charge in [0.2, 0.25) is 0 Å². The van der Waals surface area contributed by atoms with E-state index in [1.807, 2.05) is 23.6 Å². The molecule has 0 aliphatic carbocycles. The van der Waals surface area contributed by atoms with Gasteiger partial charge in [-0.3, -0.25) is 4.79 Å². The number of aliphatic hydroxyl groups excluding tert-OH is 1. The molecule has 2 heterocycles. The van der Waals surface area contributed by atoms with Gasteiger partial charge in [-0.05, 0) is 17.5 Å². The van der Waals surface area contributed by atoms with Crippen molar-refractivity contribution in [2.24, 2.45) is 0 Å². The van der Waals surface area contributed by atoms with Gasteiger partial charge in [-0.1, -0.05) is 24.3 Å². The van der Waals surface area contributed by atoms with Crippen LogP contribution in [0.3, 0.4) is 0 Å². The zero-order valence-electron chi connectivity index (χ0n) is 9.54. The lowest BCUT2D eigenvalue weighted by Gasteiger charge is -2.21. The van der Waals surface area contributed by atoms with Crippen molar-refractivity contribution in [1.82, 2.24) is 10.4 Å². The zero-order chi connectivity index (χ0) is 12.5. The van der Waals surface area contributed by atoms with Gasteiger partial charge in [0.15, 0.2) is 6.23 Å². The number of rotatable bonds is 3. The summed E-state index contributed by atoms with van der Waals surface area (Å²) in [7, 11) is 0. The Morgan fingerprint density at radius 3 is 2.83 bits per heavy atom. The largest absolute Gasteiger partial charge is 0.368 e. The molecule has 1 aliphatic heterocycles. The number of aliphatic hydroxyl groups is 1. The molecule has 0 spiro atoms. The summed E-state index contributed by atoms with van der Waals surface area (Å²) in [6.07, 6.45) is -0.909. The molecule has 18 heavy (non-hydrogen) atoms. The number of hydrazine groups is 1. The number of hydrogen-bond donors (Lipinski definition) is 2. The highest BCUT2D eigenvalue weighted by Crippen LogP contribution is 2.29. The second-order valence-electron chi connectivity index (χ2n) is 4.05. The van der Waals surface area contributed by atoms with Gasteiger partial charge in [-0.25, -0.2) is 10.4 Å². The van der Waals surface area contributed by atoms with Crippen molar-refractivity contribution >= 4 is 17.2 Å². The summed E-state index contributed by atoms with van der Waals surface area (Å²) in [5.74, 6) is -0.186. The predicted octanol–water partition coefficient (Wildman–Crippen LogP) is 1.90. The second kappa shape index (κ2) is 4.53. The van der Waals surface area contributed by atoms with Crippen LogP contribution in [-0.4, -0.2) is 16.0 Å². The molecule has 1 aromatic heterocycles. The van der Waals surface area contributed by atoms with Crippen LogP contribution in [0.4, 0.5) is 0 Å². The summed E-state index contributed by atoms with van der Waals surface area (Å²) in [5, 5.41) is 13.3. The number of carbonyl (C=O) groups excluding carboxylic acids is 1. The third-order valence-corrected chi connectivity index (χ3v) is 3.81. The Hall–Kier alpha value is -1.69. The Kier molecular flexibility index (Phi) is 2.87. The van der Waals surface area contributed by atoms with Crippen LogP contribution in [0.15, 0.2) is 41.8 Å². The lowest BCUT2D eigenvalue weighted by atomic mass is 10.1. The van der Waals surface area contributed by atoms with E-state index >= 15 is 0 Å². The molecule has 3 rings (SSSR count). The molecule has 0 bridgehead atoms. The smallest absolute Gasteiger partial charge is 0.271 e. The molecule has 92 valence electrons. The molecule has 0 saturated heterocycles. The number of fused-ring (bicyclic) bond motifs is 1. The van der Waals surface area contributed by atoms with E-state index in [1.165, 1.54) is 5.01 Å². The Morgan fingerprint density at radius 1 is 1.28 bits per heavy atom. The Morgan fingerprint density at radius 2 is 2.11 bits per heavy atom. The van der Waals surface area contributed by atoms with E-state index in [2.05, 4.69) is 5.43 Å². The van der Waals surface area contributed by atoms with Gasteiger partial charge in [-0.2, -0.15) is 0 Å². The van der Waals surface area contributed by atoms with Crippen LogP contribution in [-0.2, 0) is 6.54 Å². The lowest BCUT2D eigenvalue weighted by molar-refractivity contribution is -0.00949. The second-order valence-corrected chi connectivity index (χ2v) is 5.08. The molecule has 1 amide bonds. The summed E-state index contributed by atoms with van der Waals surface area (Å²) >= 11 is 1.61. The quantitative estimate of drug-likeness (QED) is 0.886. The van der Waals surface area contributed by atoms with Gasteiger partial charge in [0.1, 0.15) is 0 Å². The molecule has 1 aromatic carbocycles. The van der Waals surface area contributed by atoms with Crippen LogP contribution >= 0.6 is 11.3 Å². The molecule has 0 radical (unpaired) electrons. The first-order chi connectivity index (χ1) is 8.77. The first-order valence-corrected chi connectivity index (χ1v) is 6.52. The molecule has 1 unspecified atom stereocenters. The summed E-state index contributed by atoms with van der Waals surface area (Å²) in [6, 6.07) is 11.1. The molecule has 1 atom stereocenters. The van der Waals surface area contributed by atoms with E-state index in [1.54, 1.807) is 29.5 Å². The van der Waals surface area contributed by atoms with Crippen LogP contribution in [0.2, 0.25) is 0 Å². The summed E-state index contributed by atoms with van der Waals surface area (Å²) in [4.78, 5) is 13.2. The van der Waals surface area contributed by atoms with Crippen LogP contribution in [0.25, 0.3) is 0 Å². The van der Waals surface area contributed by atoms with E-state index in [0.717, 1.165) is 4.88 Å². The SMILES string of the molecule is O=C1c2ccccc2C(O)N1NCc1cccs1. The highest BCUT2D eigenvalue weighted by molar-refractivity contribution is 7.09. The Bertz CT molecular complexity index is 568. The summed E-state index contributed by atoms with van der Waals surface area (Å²) in [6.45, 7) is 0.536. The third-order valence-electron chi connectivity index (χ3n) is 2.94. The molecular weight excluding hydrogens is 248 g/mol. The fourth-order valence-electron chi connectivity index (χ4n) is 2.03. The fraction of sp³-hybridized carbons (Fsp3) is 0.154. The molecule has 1 aliphatic rings. The van der Waals surface area contributed by atoms with Gasteiger partial charge in [0, 0.05) is 22.5 Å². The van der Waals surface area contributed by atoms with Crippen LogP contribution in [0, 0.1) is 0 Å². The van der Waals surface area contributed by atoms with Crippen molar-refractivity contribution in [3.63, 3.8) is 0 Å². The minimum absolute atomic E-state index is 0.186. The number of benzene rings is 1. The van der Waals surface area contributed by atoms with Crippen molar-refractivity contribution in [3.05, 3.63) is 57.8 Å². The van der Waals surface area contributed by atoms with E-state index in [9.17, 15) is 9.90 Å². The van der Waals surface area contributed by atoms with Gasteiger partial charge >= 0.3 is 0 Å². The van der Waals surface area contributed by atoms with E-state index in [4.69, 9.17) is 0 Å². The molecule has 0 fully saturated rings. The Balaban J connectivity index is 1.77. The van der Waals surface area contributed by atoms with E-state index < -0.39 is 6.23 Å². The van der Waals surface area contributed by atoms with Gasteiger partial charge in [0.05, 0.1) is 0 Å². The van der Waals surface area contributed by atoms with Crippen molar-refractivity contribution < 1.29 is 9.90 Å². The normalized spacial score (nSPS) is 18.2. The minimum Gasteiger partial charge on any atom is -0.368 e. The summed E-state index contributed by atoms with van der Waals surface area (Å²) in [5.41, 5.74) is 4.19. The number of thiophene rings is 1. The highest BCUT2D eigenvalue weighted by Gasteiger charge is 2.35. The maximum atomic E-state index is 12.1. The number of amides is 1. The number of nitrogens with one attached hydrogen (secondary N) is 1. The highest BCUT2D eigenvalue weighted by atomic mass is 32.1. The maximum absolute atomic E-state index is 12.1. The number of carbonyl (C=O) groups is 1. The molecular formula is C13H12N2O2S. The number of nitrogens with zero attached hydrogens (tertiary/aromatic N) is 1. The standard InChI is InChI=1S/C13H12N2O2S/c16-12-10-5-1-2-6-11(10)13(17)15(12)14-8-9-4-3-7-18-9/h1-7,12,14,16H,8H2. The van der Waals surface area contributed by atoms with Crippen molar-refractivity contribution in [2.75, 3.05) is 0 Å². The molecule has 0 saturated carbocycles. The van der Waals surface area contributed by atoms with Gasteiger partial charge in [0.25, 0.3) is 5.91 Å². The van der Waals surface area contributed by atoms with Gasteiger partial charge in [-0.15, -0.1) is 11.3 Å². The van der Waals surface area contributed by atoms with E-state index in [-0.39, 0.29) is 5.91 Å². The average molecular weight is 260 g/mol. The fourth-order valence-corrected chi connectivity index (χ4v) is 2.67. The van der Waals surface area contributed by atoms with Crippen molar-refractivity contribution in [1.29, 1.82) is 0 Å². The monoisotopic (exact) mass is 260 g/mol. The van der Waals surface area contributed by atoms with Crippen LogP contribution < -0.4 is 5.43 Å². The first-order valence-electron chi connectivity index (χ1n) is 5.64. The average Bonchev–Trinajstić information content (AvgIpc) is 2.98. The Labute approximate surface area is 108 Å². The molecule has 4 nitrogen and oxygen atoms in total. The first kappa shape index (κ1) is 11.4. The van der Waals surface area contributed by atoms with Crippen molar-refractivity contribution in [3.8, 4) is 0 Å². The predicted molar refractivity (Wildman–Crippen MR) is 68.7 cm³/mol. The molecule has 2 aromatic rings. The molecule has 2 N–H and O–H groups in total. The number of hydrogen-bond acceptors (Lipinski definition) is 4.